The summed E-state index contributed by atoms with van der Waals surface area (Å²) in [6, 6.07) is -0.370. The highest BCUT2D eigenvalue weighted by atomic mass is 16.2. The molecule has 0 rings (SSSR count). The van der Waals surface area contributed by atoms with E-state index in [9.17, 15) is 4.79 Å². The van der Waals surface area contributed by atoms with Gasteiger partial charge in [-0.05, 0) is 6.92 Å². The second-order valence-electron chi connectivity index (χ2n) is 2.02. The van der Waals surface area contributed by atoms with Crippen molar-refractivity contribution in [3.05, 3.63) is 0 Å². The molecule has 0 bridgehead atoms. The van der Waals surface area contributed by atoms with Crippen LogP contribution in [0.4, 0.5) is 0 Å². The maximum Gasteiger partial charge on any atom is 0.238 e. The summed E-state index contributed by atoms with van der Waals surface area (Å²) in [4.78, 5) is 12.1. The molecule has 0 saturated heterocycles. The van der Waals surface area contributed by atoms with E-state index in [1.807, 2.05) is 0 Å². The molecule has 0 aromatic heterocycles. The molecule has 2 N–H and O–H groups in total. The van der Waals surface area contributed by atoms with E-state index in [2.05, 4.69) is 0 Å². The van der Waals surface area contributed by atoms with Gasteiger partial charge in [0.05, 0.1) is 6.04 Å². The van der Waals surface area contributed by atoms with Gasteiger partial charge in [0.2, 0.25) is 5.91 Å². The van der Waals surface area contributed by atoms with E-state index in [-0.39, 0.29) is 11.9 Å². The van der Waals surface area contributed by atoms with E-state index in [1.165, 1.54) is 4.90 Å². The lowest BCUT2D eigenvalue weighted by Crippen LogP contribution is -2.37. The van der Waals surface area contributed by atoms with E-state index in [0.29, 0.717) is 0 Å². The molecule has 0 saturated carbocycles. The quantitative estimate of drug-likeness (QED) is 0.498. The van der Waals surface area contributed by atoms with Crippen LogP contribution in [0.15, 0.2) is 0 Å². The molecule has 8 heavy (non-hydrogen) atoms. The van der Waals surface area contributed by atoms with Crippen LogP contribution in [0.1, 0.15) is 6.92 Å². The van der Waals surface area contributed by atoms with Gasteiger partial charge in [0.15, 0.2) is 0 Å². The molecule has 0 heterocycles. The number of rotatable bonds is 1. The van der Waals surface area contributed by atoms with Gasteiger partial charge in [-0.2, -0.15) is 0 Å². The minimum absolute atomic E-state index is 0.0370. The maximum atomic E-state index is 10.6. The largest absolute Gasteiger partial charge is 0.347 e. The number of amides is 1. The molecule has 1 unspecified atom stereocenters. The average molecular weight is 116 g/mol. The summed E-state index contributed by atoms with van der Waals surface area (Å²) < 4.78 is 0. The molecule has 0 spiro atoms. The first-order valence-electron chi connectivity index (χ1n) is 2.52. The lowest BCUT2D eigenvalue weighted by atomic mass is 10.3. The van der Waals surface area contributed by atoms with Crippen LogP contribution in [0, 0.1) is 0 Å². The molecule has 1 amide bonds. The van der Waals surface area contributed by atoms with Gasteiger partial charge in [-0.3, -0.25) is 4.79 Å². The normalized spacial score (nSPS) is 13.0. The number of nitrogens with zero attached hydrogens (tertiary/aromatic N) is 1. The molecule has 48 valence electrons. The van der Waals surface area contributed by atoms with Crippen LogP contribution in [0.3, 0.4) is 0 Å². The molecule has 1 atom stereocenters. The summed E-state index contributed by atoms with van der Waals surface area (Å²) in [6.45, 7) is 1.67. The Labute approximate surface area is 49.5 Å². The first-order valence-corrected chi connectivity index (χ1v) is 2.52. The summed E-state index contributed by atoms with van der Waals surface area (Å²) in [7, 11) is 3.37. The third-order valence-corrected chi connectivity index (χ3v) is 0.830. The summed E-state index contributed by atoms with van der Waals surface area (Å²) in [6.07, 6.45) is 0. The summed E-state index contributed by atoms with van der Waals surface area (Å²) in [5.41, 5.74) is 5.25. The molecule has 0 aliphatic carbocycles. The molecule has 0 radical (unpaired) electrons. The lowest BCUT2D eigenvalue weighted by Gasteiger charge is -2.11. The van der Waals surface area contributed by atoms with Crippen molar-refractivity contribution >= 4 is 5.91 Å². The highest BCUT2D eigenvalue weighted by Crippen LogP contribution is 1.81. The Morgan fingerprint density at radius 2 is 2.00 bits per heavy atom. The number of carbonyl (C=O) groups excluding carboxylic acids is 1. The average Bonchev–Trinajstić information content (AvgIpc) is 1.64. The van der Waals surface area contributed by atoms with E-state index in [1.54, 1.807) is 21.0 Å². The lowest BCUT2D eigenvalue weighted by molar-refractivity contribution is -0.129. The highest BCUT2D eigenvalue weighted by Gasteiger charge is 2.07. The van der Waals surface area contributed by atoms with Crippen LogP contribution in [0.2, 0.25) is 0 Å². The molecule has 0 fully saturated rings. The van der Waals surface area contributed by atoms with Gasteiger partial charge >= 0.3 is 0 Å². The zero-order chi connectivity index (χ0) is 6.73. The molecule has 0 aromatic rings. The Balaban J connectivity index is 3.65. The Morgan fingerprint density at radius 3 is 2.00 bits per heavy atom. The zero-order valence-corrected chi connectivity index (χ0v) is 5.51. The minimum atomic E-state index is -0.370. The Kier molecular flexibility index (Phi) is 2.48. The van der Waals surface area contributed by atoms with Gasteiger partial charge in [-0.25, -0.2) is 0 Å². The fraction of sp³-hybridized carbons (Fsp3) is 0.800. The molecular formula is C5H12N2O. The van der Waals surface area contributed by atoms with Crippen molar-refractivity contribution < 1.29 is 4.79 Å². The standard InChI is InChI=1S/C5H12N2O/c1-4(6)5(8)7(2)3/h4H,6H2,1-3H3. The van der Waals surface area contributed by atoms with Gasteiger partial charge in [0.1, 0.15) is 0 Å². The van der Waals surface area contributed by atoms with Crippen LogP contribution in [0.5, 0.6) is 0 Å². The molecule has 0 aliphatic heterocycles. The van der Waals surface area contributed by atoms with Crippen molar-refractivity contribution in [2.24, 2.45) is 5.73 Å². The molecular weight excluding hydrogens is 104 g/mol. The molecule has 3 heteroatoms. The topological polar surface area (TPSA) is 46.3 Å². The van der Waals surface area contributed by atoms with Gasteiger partial charge in [-0.15, -0.1) is 0 Å². The van der Waals surface area contributed by atoms with Crippen LogP contribution in [-0.2, 0) is 4.79 Å². The Bertz CT molecular complexity index is 78.4. The number of hydrogen-bond acceptors (Lipinski definition) is 2. The third-order valence-electron chi connectivity index (χ3n) is 0.830. The molecule has 0 aromatic carbocycles. The van der Waals surface area contributed by atoms with Gasteiger partial charge in [0.25, 0.3) is 0 Å². The third kappa shape index (κ3) is 1.93. The van der Waals surface area contributed by atoms with Crippen molar-refractivity contribution in [3.63, 3.8) is 0 Å². The Hall–Kier alpha value is -0.570. The van der Waals surface area contributed by atoms with E-state index < -0.39 is 0 Å². The SMILES string of the molecule is CC(N)C(=O)N(C)C. The summed E-state index contributed by atoms with van der Waals surface area (Å²) in [5.74, 6) is -0.0370. The maximum absolute atomic E-state index is 10.6. The van der Waals surface area contributed by atoms with Crippen molar-refractivity contribution in [3.8, 4) is 0 Å². The van der Waals surface area contributed by atoms with Crippen LogP contribution < -0.4 is 5.73 Å². The number of carbonyl (C=O) groups is 1. The predicted molar refractivity (Wildman–Crippen MR) is 32.3 cm³/mol. The zero-order valence-electron chi connectivity index (χ0n) is 5.51. The smallest absolute Gasteiger partial charge is 0.238 e. The van der Waals surface area contributed by atoms with Crippen LogP contribution in [-0.4, -0.2) is 30.9 Å². The van der Waals surface area contributed by atoms with Crippen molar-refractivity contribution in [1.82, 2.24) is 4.90 Å². The molecule has 3 nitrogen and oxygen atoms in total. The van der Waals surface area contributed by atoms with E-state index >= 15 is 0 Å². The number of hydrogen-bond donors (Lipinski definition) is 1. The first-order chi connectivity index (χ1) is 3.55. The van der Waals surface area contributed by atoms with Crippen molar-refractivity contribution in [2.45, 2.75) is 13.0 Å². The second-order valence-corrected chi connectivity index (χ2v) is 2.02. The second kappa shape index (κ2) is 2.67. The first kappa shape index (κ1) is 7.43. The van der Waals surface area contributed by atoms with Gasteiger partial charge < -0.3 is 10.6 Å². The number of nitrogens with two attached hydrogens (primary N) is 1. The minimum Gasteiger partial charge on any atom is -0.347 e. The van der Waals surface area contributed by atoms with Crippen LogP contribution in [0.25, 0.3) is 0 Å². The summed E-state index contributed by atoms with van der Waals surface area (Å²) >= 11 is 0. The van der Waals surface area contributed by atoms with Crippen molar-refractivity contribution in [2.75, 3.05) is 14.1 Å². The monoisotopic (exact) mass is 116 g/mol. The predicted octanol–water partition coefficient (Wildman–Crippen LogP) is -0.578. The van der Waals surface area contributed by atoms with E-state index in [4.69, 9.17) is 5.73 Å². The number of likely N-dealkylation sites (N-methyl/N-ethyl adjacent to an activating group) is 1. The Morgan fingerprint density at radius 1 is 1.62 bits per heavy atom. The van der Waals surface area contributed by atoms with Crippen LogP contribution >= 0.6 is 0 Å². The highest BCUT2D eigenvalue weighted by molar-refractivity contribution is 5.80. The van der Waals surface area contributed by atoms with Gasteiger partial charge in [0, 0.05) is 14.1 Å². The molecule has 0 aliphatic rings. The van der Waals surface area contributed by atoms with Crippen molar-refractivity contribution in [1.29, 1.82) is 0 Å². The fourth-order valence-electron chi connectivity index (χ4n) is 0.407. The van der Waals surface area contributed by atoms with Gasteiger partial charge in [-0.1, -0.05) is 0 Å². The fourth-order valence-corrected chi connectivity index (χ4v) is 0.407. The summed E-state index contributed by atoms with van der Waals surface area (Å²) in [5, 5.41) is 0. The van der Waals surface area contributed by atoms with E-state index in [0.717, 1.165) is 0 Å².